The Morgan fingerprint density at radius 3 is 2.12 bits per heavy atom. The largest absolute Gasteiger partial charge is 0.480 e. The Balaban J connectivity index is 1.56. The van der Waals surface area contributed by atoms with Crippen molar-refractivity contribution in [3.63, 3.8) is 0 Å². The number of aliphatic hydroxyl groups is 1. The molecule has 1 aliphatic rings. The average Bonchev–Trinajstić information content (AvgIpc) is 3.10. The summed E-state index contributed by atoms with van der Waals surface area (Å²) in [5, 5.41) is 23.1. The fourth-order valence-corrected chi connectivity index (χ4v) is 3.97. The number of hydrogen-bond acceptors (Lipinski definition) is 5. The number of fused-ring (bicyclic) bond motifs is 3. The third-order valence-electron chi connectivity index (χ3n) is 5.64. The Labute approximate surface area is 186 Å². The lowest BCUT2D eigenvalue weighted by Crippen LogP contribution is -2.45. The first-order valence-electron chi connectivity index (χ1n) is 10.7. The number of alkyl carbamates (subject to hydrolysis) is 1. The standard InChI is InChI=1S/C24H28N2O6/c1-2-15(13-22(28)26-21(11-12-27)23(29)30)25-24(31)32-14-20-18-9-5-3-7-16(18)17-8-4-6-10-19(17)20/h3-10,15,20-21,27H,2,11-14H2,1H3,(H,25,31)(H,26,28)(H,29,30)/t15?,21-/m0/s1. The van der Waals surface area contributed by atoms with Gasteiger partial charge in [-0.25, -0.2) is 9.59 Å². The van der Waals surface area contributed by atoms with Gasteiger partial charge >= 0.3 is 12.1 Å². The lowest BCUT2D eigenvalue weighted by Gasteiger charge is -2.20. The molecule has 8 nitrogen and oxygen atoms in total. The molecule has 4 N–H and O–H groups in total. The van der Waals surface area contributed by atoms with Crippen molar-refractivity contribution in [1.29, 1.82) is 0 Å². The van der Waals surface area contributed by atoms with Crippen LogP contribution in [-0.2, 0) is 14.3 Å². The van der Waals surface area contributed by atoms with E-state index >= 15 is 0 Å². The van der Waals surface area contributed by atoms with Crippen LogP contribution in [0.4, 0.5) is 4.79 Å². The van der Waals surface area contributed by atoms with E-state index in [-0.39, 0.29) is 32.0 Å². The van der Waals surface area contributed by atoms with Crippen molar-refractivity contribution in [2.75, 3.05) is 13.2 Å². The van der Waals surface area contributed by atoms with E-state index in [1.54, 1.807) is 0 Å². The third kappa shape index (κ3) is 5.45. The Morgan fingerprint density at radius 1 is 1.00 bits per heavy atom. The zero-order valence-electron chi connectivity index (χ0n) is 17.9. The van der Waals surface area contributed by atoms with E-state index in [4.69, 9.17) is 14.9 Å². The van der Waals surface area contributed by atoms with Crippen LogP contribution in [0.5, 0.6) is 0 Å². The van der Waals surface area contributed by atoms with Crippen LogP contribution >= 0.6 is 0 Å². The van der Waals surface area contributed by atoms with Gasteiger partial charge in [0.25, 0.3) is 0 Å². The summed E-state index contributed by atoms with van der Waals surface area (Å²) in [7, 11) is 0. The molecule has 0 saturated carbocycles. The van der Waals surface area contributed by atoms with Gasteiger partial charge in [0.15, 0.2) is 0 Å². The predicted molar refractivity (Wildman–Crippen MR) is 118 cm³/mol. The van der Waals surface area contributed by atoms with Crippen molar-refractivity contribution in [3.05, 3.63) is 59.7 Å². The van der Waals surface area contributed by atoms with E-state index in [1.807, 2.05) is 43.3 Å². The van der Waals surface area contributed by atoms with Crippen LogP contribution in [-0.4, -0.2) is 53.5 Å². The summed E-state index contributed by atoms with van der Waals surface area (Å²) in [4.78, 5) is 35.7. The maximum Gasteiger partial charge on any atom is 0.407 e. The summed E-state index contributed by atoms with van der Waals surface area (Å²) in [6, 6.07) is 14.4. The fraction of sp³-hybridized carbons (Fsp3) is 0.375. The Kier molecular flexibility index (Phi) is 7.83. The minimum atomic E-state index is -1.22. The van der Waals surface area contributed by atoms with E-state index in [9.17, 15) is 14.4 Å². The molecule has 0 saturated heterocycles. The summed E-state index contributed by atoms with van der Waals surface area (Å²) in [5.74, 6) is -1.80. The van der Waals surface area contributed by atoms with Crippen molar-refractivity contribution in [2.24, 2.45) is 0 Å². The fourth-order valence-electron chi connectivity index (χ4n) is 3.97. The number of carboxylic acids is 1. The van der Waals surface area contributed by atoms with Crippen molar-refractivity contribution in [1.82, 2.24) is 10.6 Å². The third-order valence-corrected chi connectivity index (χ3v) is 5.64. The number of aliphatic hydroxyl groups excluding tert-OH is 1. The second-order valence-corrected chi connectivity index (χ2v) is 7.75. The molecule has 0 spiro atoms. The molecule has 0 fully saturated rings. The number of carbonyl (C=O) groups excluding carboxylic acids is 2. The molecule has 2 amide bonds. The monoisotopic (exact) mass is 440 g/mol. The van der Waals surface area contributed by atoms with Crippen LogP contribution < -0.4 is 10.6 Å². The Bertz CT molecular complexity index is 931. The van der Waals surface area contributed by atoms with Gasteiger partial charge in [0, 0.05) is 31.4 Å². The number of ether oxygens (including phenoxy) is 1. The van der Waals surface area contributed by atoms with Crippen LogP contribution in [0, 0.1) is 0 Å². The molecule has 3 rings (SSSR count). The van der Waals surface area contributed by atoms with Gasteiger partial charge in [-0.3, -0.25) is 4.79 Å². The highest BCUT2D eigenvalue weighted by molar-refractivity contribution is 5.84. The lowest BCUT2D eigenvalue weighted by atomic mass is 9.98. The zero-order chi connectivity index (χ0) is 23.1. The molecule has 1 aliphatic carbocycles. The van der Waals surface area contributed by atoms with Crippen molar-refractivity contribution < 1.29 is 29.3 Å². The van der Waals surface area contributed by atoms with Gasteiger partial charge in [-0.1, -0.05) is 55.5 Å². The van der Waals surface area contributed by atoms with Crippen LogP contribution in [0.2, 0.25) is 0 Å². The summed E-state index contributed by atoms with van der Waals surface area (Å²) < 4.78 is 5.50. The van der Waals surface area contributed by atoms with E-state index in [0.29, 0.717) is 6.42 Å². The quantitative estimate of drug-likeness (QED) is 0.450. The molecular weight excluding hydrogens is 412 g/mol. The van der Waals surface area contributed by atoms with Crippen molar-refractivity contribution >= 4 is 18.0 Å². The highest BCUT2D eigenvalue weighted by Gasteiger charge is 2.29. The number of hydrogen-bond donors (Lipinski definition) is 4. The number of carboxylic acid groups (broad SMARTS) is 1. The van der Waals surface area contributed by atoms with E-state index in [2.05, 4.69) is 22.8 Å². The highest BCUT2D eigenvalue weighted by atomic mass is 16.5. The number of nitrogens with one attached hydrogen (secondary N) is 2. The number of rotatable bonds is 10. The molecule has 32 heavy (non-hydrogen) atoms. The normalized spacial score (nSPS) is 14.1. The van der Waals surface area contributed by atoms with Crippen LogP contribution in [0.1, 0.15) is 43.2 Å². The first-order valence-corrected chi connectivity index (χ1v) is 10.7. The molecule has 8 heteroatoms. The van der Waals surface area contributed by atoms with E-state index in [0.717, 1.165) is 22.3 Å². The lowest BCUT2D eigenvalue weighted by molar-refractivity contribution is -0.142. The molecule has 1 unspecified atom stereocenters. The molecule has 0 bridgehead atoms. The van der Waals surface area contributed by atoms with E-state index in [1.165, 1.54) is 0 Å². The number of aliphatic carboxylic acids is 1. The molecule has 0 aliphatic heterocycles. The second-order valence-electron chi connectivity index (χ2n) is 7.75. The zero-order valence-corrected chi connectivity index (χ0v) is 17.9. The second kappa shape index (κ2) is 10.8. The molecule has 2 aromatic rings. The maximum absolute atomic E-state index is 12.4. The smallest absolute Gasteiger partial charge is 0.407 e. The van der Waals surface area contributed by atoms with E-state index < -0.39 is 30.1 Å². The molecule has 0 aromatic heterocycles. The van der Waals surface area contributed by atoms with Crippen LogP contribution in [0.15, 0.2) is 48.5 Å². The minimum absolute atomic E-state index is 0.0636. The average molecular weight is 440 g/mol. The highest BCUT2D eigenvalue weighted by Crippen LogP contribution is 2.44. The van der Waals surface area contributed by atoms with Crippen molar-refractivity contribution in [2.45, 2.75) is 44.2 Å². The first-order chi connectivity index (χ1) is 15.4. The molecule has 2 atom stereocenters. The summed E-state index contributed by atoms with van der Waals surface area (Å²) in [6.07, 6.45) is -0.334. The van der Waals surface area contributed by atoms with Gasteiger partial charge in [0.2, 0.25) is 5.91 Å². The van der Waals surface area contributed by atoms with Crippen LogP contribution in [0.25, 0.3) is 11.1 Å². The predicted octanol–water partition coefficient (Wildman–Crippen LogP) is 2.65. The van der Waals surface area contributed by atoms with Gasteiger partial charge in [0.05, 0.1) is 0 Å². The minimum Gasteiger partial charge on any atom is -0.480 e. The summed E-state index contributed by atoms with van der Waals surface area (Å²) >= 11 is 0. The molecule has 170 valence electrons. The summed E-state index contributed by atoms with van der Waals surface area (Å²) in [5.41, 5.74) is 4.49. The maximum atomic E-state index is 12.4. The summed E-state index contributed by atoms with van der Waals surface area (Å²) in [6.45, 7) is 1.62. The van der Waals surface area contributed by atoms with Gasteiger partial charge in [0.1, 0.15) is 12.6 Å². The van der Waals surface area contributed by atoms with Crippen LogP contribution in [0.3, 0.4) is 0 Å². The molecule has 0 heterocycles. The van der Waals surface area contributed by atoms with Gasteiger partial charge in [-0.05, 0) is 28.7 Å². The SMILES string of the molecule is CCC(CC(=O)N[C@@H](CCO)C(=O)O)NC(=O)OCC1c2ccccc2-c2ccccc21. The van der Waals surface area contributed by atoms with Gasteiger partial charge in [-0.2, -0.15) is 0 Å². The number of benzene rings is 2. The van der Waals surface area contributed by atoms with Gasteiger partial charge < -0.3 is 25.6 Å². The molecule has 0 radical (unpaired) electrons. The molecular formula is C24H28N2O6. The Morgan fingerprint density at radius 2 is 1.59 bits per heavy atom. The Hall–Kier alpha value is -3.39. The first kappa shape index (κ1) is 23.3. The van der Waals surface area contributed by atoms with Crippen molar-refractivity contribution in [3.8, 4) is 11.1 Å². The van der Waals surface area contributed by atoms with Gasteiger partial charge in [-0.15, -0.1) is 0 Å². The number of carbonyl (C=O) groups is 3. The topological polar surface area (TPSA) is 125 Å². The number of amides is 2. The molecule has 2 aromatic carbocycles.